The van der Waals surface area contributed by atoms with Crippen LogP contribution in [0, 0.1) is 6.92 Å². The summed E-state index contributed by atoms with van der Waals surface area (Å²) in [5, 5.41) is 4.07. The van der Waals surface area contributed by atoms with E-state index in [-0.39, 0.29) is 0 Å². The molecule has 0 fully saturated rings. The van der Waals surface area contributed by atoms with Crippen LogP contribution in [0.1, 0.15) is 33.3 Å². The van der Waals surface area contributed by atoms with Crippen LogP contribution in [0.25, 0.3) is 5.82 Å². The molecule has 0 aliphatic carbocycles. The summed E-state index contributed by atoms with van der Waals surface area (Å²) in [4.78, 5) is 4.22. The van der Waals surface area contributed by atoms with Crippen molar-refractivity contribution in [3.8, 4) is 5.82 Å². The highest BCUT2D eigenvalue weighted by Crippen LogP contribution is 2.02. The van der Waals surface area contributed by atoms with E-state index in [4.69, 9.17) is 0 Å². The summed E-state index contributed by atoms with van der Waals surface area (Å²) in [7, 11) is 0. The van der Waals surface area contributed by atoms with Crippen molar-refractivity contribution in [3.05, 3.63) is 42.4 Å². The third kappa shape index (κ3) is 4.26. The lowest BCUT2D eigenvalue weighted by molar-refractivity contribution is 0.845. The number of pyridine rings is 1. The van der Waals surface area contributed by atoms with Gasteiger partial charge in [-0.1, -0.05) is 33.8 Å². The van der Waals surface area contributed by atoms with Gasteiger partial charge < -0.3 is 0 Å². The highest BCUT2D eigenvalue weighted by Gasteiger charge is 1.94. The molecule has 0 aliphatic rings. The van der Waals surface area contributed by atoms with Crippen molar-refractivity contribution in [2.45, 2.75) is 34.6 Å². The number of aryl methyl sites for hydroxylation is 1. The number of aromatic nitrogens is 3. The van der Waals surface area contributed by atoms with Gasteiger partial charge in [0.05, 0.1) is 0 Å². The van der Waals surface area contributed by atoms with Gasteiger partial charge >= 0.3 is 0 Å². The molecule has 0 saturated heterocycles. The van der Waals surface area contributed by atoms with Gasteiger partial charge in [-0.3, -0.25) is 0 Å². The topological polar surface area (TPSA) is 30.7 Å². The Bertz CT molecular complexity index is 349. The Balaban J connectivity index is 0.000000509. The van der Waals surface area contributed by atoms with Gasteiger partial charge in [0.2, 0.25) is 0 Å². The van der Waals surface area contributed by atoms with E-state index in [9.17, 15) is 0 Å². The van der Waals surface area contributed by atoms with E-state index in [1.54, 1.807) is 10.9 Å². The van der Waals surface area contributed by atoms with Gasteiger partial charge in [0.15, 0.2) is 5.82 Å². The first-order valence-electron chi connectivity index (χ1n) is 5.79. The molecule has 2 heterocycles. The SMILES string of the molecule is CC.CC.Cc1ccc(-n2cccn2)nc1. The predicted octanol–water partition coefficient (Wildman–Crippen LogP) is 3.63. The van der Waals surface area contributed by atoms with E-state index < -0.39 is 0 Å². The van der Waals surface area contributed by atoms with E-state index >= 15 is 0 Å². The second-order valence-electron chi connectivity index (χ2n) is 2.64. The third-order valence-corrected chi connectivity index (χ3v) is 1.63. The van der Waals surface area contributed by atoms with Crippen LogP contribution in [0.15, 0.2) is 36.8 Å². The first-order chi connectivity index (χ1) is 7.86. The van der Waals surface area contributed by atoms with Crippen molar-refractivity contribution in [2.24, 2.45) is 0 Å². The molecule has 3 heteroatoms. The zero-order valence-electron chi connectivity index (χ0n) is 10.8. The predicted molar refractivity (Wildman–Crippen MR) is 68.8 cm³/mol. The Morgan fingerprint density at radius 3 is 2.19 bits per heavy atom. The van der Waals surface area contributed by atoms with Crippen molar-refractivity contribution in [3.63, 3.8) is 0 Å². The Hall–Kier alpha value is -1.64. The highest BCUT2D eigenvalue weighted by atomic mass is 15.3. The zero-order chi connectivity index (χ0) is 12.4. The summed E-state index contributed by atoms with van der Waals surface area (Å²) in [5.74, 6) is 0.852. The monoisotopic (exact) mass is 219 g/mol. The summed E-state index contributed by atoms with van der Waals surface area (Å²) in [5.41, 5.74) is 1.16. The lowest BCUT2D eigenvalue weighted by Gasteiger charge is -1.98. The largest absolute Gasteiger partial charge is 0.237 e. The average Bonchev–Trinajstić information content (AvgIpc) is 2.89. The summed E-state index contributed by atoms with van der Waals surface area (Å²) in [6.07, 6.45) is 5.44. The van der Waals surface area contributed by atoms with Gasteiger partial charge in [-0.15, -0.1) is 0 Å². The lowest BCUT2D eigenvalue weighted by atomic mass is 10.3. The minimum atomic E-state index is 0.852. The maximum absolute atomic E-state index is 4.22. The van der Waals surface area contributed by atoms with Crippen molar-refractivity contribution < 1.29 is 0 Å². The van der Waals surface area contributed by atoms with Crippen LogP contribution in [0.4, 0.5) is 0 Å². The van der Waals surface area contributed by atoms with Gasteiger partial charge in [-0.25, -0.2) is 9.67 Å². The van der Waals surface area contributed by atoms with E-state index in [0.29, 0.717) is 0 Å². The number of rotatable bonds is 1. The maximum Gasteiger partial charge on any atom is 0.153 e. The molecule has 0 amide bonds. The molecule has 0 aromatic carbocycles. The second-order valence-corrected chi connectivity index (χ2v) is 2.64. The van der Waals surface area contributed by atoms with Crippen LogP contribution in [0.2, 0.25) is 0 Å². The summed E-state index contributed by atoms with van der Waals surface area (Å²) in [6, 6.07) is 5.84. The summed E-state index contributed by atoms with van der Waals surface area (Å²) >= 11 is 0. The smallest absolute Gasteiger partial charge is 0.153 e. The minimum Gasteiger partial charge on any atom is -0.237 e. The van der Waals surface area contributed by atoms with Gasteiger partial charge in [-0.2, -0.15) is 5.10 Å². The molecule has 0 spiro atoms. The van der Waals surface area contributed by atoms with Crippen LogP contribution >= 0.6 is 0 Å². The van der Waals surface area contributed by atoms with Gasteiger partial charge in [0.1, 0.15) is 0 Å². The fourth-order valence-corrected chi connectivity index (χ4v) is 1.000. The van der Waals surface area contributed by atoms with Crippen LogP contribution in [-0.2, 0) is 0 Å². The fourth-order valence-electron chi connectivity index (χ4n) is 1.000. The minimum absolute atomic E-state index is 0.852. The number of hydrogen-bond donors (Lipinski definition) is 0. The van der Waals surface area contributed by atoms with Gasteiger partial charge in [0.25, 0.3) is 0 Å². The van der Waals surface area contributed by atoms with Crippen molar-refractivity contribution in [1.82, 2.24) is 14.8 Å². The molecule has 0 aliphatic heterocycles. The van der Waals surface area contributed by atoms with Crippen LogP contribution in [-0.4, -0.2) is 14.8 Å². The molecule has 0 bridgehead atoms. The Labute approximate surface area is 98.2 Å². The van der Waals surface area contributed by atoms with Crippen LogP contribution in [0.5, 0.6) is 0 Å². The molecule has 16 heavy (non-hydrogen) atoms. The third-order valence-electron chi connectivity index (χ3n) is 1.63. The van der Waals surface area contributed by atoms with E-state index in [1.807, 2.05) is 65.2 Å². The molecular weight excluding hydrogens is 198 g/mol. The summed E-state index contributed by atoms with van der Waals surface area (Å²) < 4.78 is 1.74. The Kier molecular flexibility index (Phi) is 7.76. The fraction of sp³-hybridized carbons (Fsp3) is 0.385. The molecule has 3 nitrogen and oxygen atoms in total. The molecule has 88 valence electrons. The first-order valence-corrected chi connectivity index (χ1v) is 5.79. The van der Waals surface area contributed by atoms with Crippen molar-refractivity contribution in [1.29, 1.82) is 0 Å². The van der Waals surface area contributed by atoms with Crippen molar-refractivity contribution in [2.75, 3.05) is 0 Å². The quantitative estimate of drug-likeness (QED) is 0.733. The maximum atomic E-state index is 4.22. The zero-order valence-corrected chi connectivity index (χ0v) is 10.8. The molecule has 0 radical (unpaired) electrons. The molecular formula is C13H21N3. The molecule has 0 atom stereocenters. The number of nitrogens with zero attached hydrogens (tertiary/aromatic N) is 3. The normalized spacial score (nSPS) is 8.31. The number of hydrogen-bond acceptors (Lipinski definition) is 2. The van der Waals surface area contributed by atoms with E-state index in [1.165, 1.54) is 0 Å². The highest BCUT2D eigenvalue weighted by molar-refractivity contribution is 5.23. The molecule has 0 unspecified atom stereocenters. The average molecular weight is 219 g/mol. The van der Waals surface area contributed by atoms with Crippen LogP contribution < -0.4 is 0 Å². The van der Waals surface area contributed by atoms with Gasteiger partial charge in [-0.05, 0) is 24.6 Å². The first kappa shape index (κ1) is 14.4. The van der Waals surface area contributed by atoms with Gasteiger partial charge in [0, 0.05) is 18.6 Å². The second kappa shape index (κ2) is 8.65. The Morgan fingerprint density at radius 2 is 1.75 bits per heavy atom. The molecule has 2 aromatic heterocycles. The van der Waals surface area contributed by atoms with E-state index in [2.05, 4.69) is 10.1 Å². The Morgan fingerprint density at radius 1 is 1.06 bits per heavy atom. The standard InChI is InChI=1S/C9H9N3.2C2H6/c1-8-3-4-9(10-7-8)12-6-2-5-11-12;2*1-2/h2-7H,1H3;2*1-2H3. The lowest BCUT2D eigenvalue weighted by Crippen LogP contribution is -1.96. The molecule has 2 rings (SSSR count). The molecule has 0 N–H and O–H groups in total. The van der Waals surface area contributed by atoms with Crippen LogP contribution in [0.3, 0.4) is 0 Å². The van der Waals surface area contributed by atoms with E-state index in [0.717, 1.165) is 11.4 Å². The molecule has 2 aromatic rings. The van der Waals surface area contributed by atoms with Crippen molar-refractivity contribution >= 4 is 0 Å². The summed E-state index contributed by atoms with van der Waals surface area (Å²) in [6.45, 7) is 10.0. The molecule has 0 saturated carbocycles.